The number of ether oxygens (including phenoxy) is 1. The summed E-state index contributed by atoms with van der Waals surface area (Å²) in [6.07, 6.45) is 5.63. The van der Waals surface area contributed by atoms with Crippen LogP contribution in [-0.4, -0.2) is 56.9 Å². The highest BCUT2D eigenvalue weighted by Crippen LogP contribution is 2.29. The Kier molecular flexibility index (Phi) is 5.57. The van der Waals surface area contributed by atoms with E-state index >= 15 is 0 Å². The van der Waals surface area contributed by atoms with E-state index in [9.17, 15) is 9.59 Å². The van der Waals surface area contributed by atoms with Crippen LogP contribution in [0.25, 0.3) is 5.69 Å². The SMILES string of the molecule is CO[C@@H]1CCC[C@@H](C(=O)N2CCC[C@H](n3nnn(-c4ccccc4)c3=O)C2)C1. The Morgan fingerprint density at radius 1 is 1.11 bits per heavy atom. The van der Waals surface area contributed by atoms with Gasteiger partial charge in [-0.2, -0.15) is 9.36 Å². The minimum Gasteiger partial charge on any atom is -0.381 e. The summed E-state index contributed by atoms with van der Waals surface area (Å²) in [4.78, 5) is 27.8. The highest BCUT2D eigenvalue weighted by Gasteiger charge is 2.34. The molecule has 4 rings (SSSR count). The second-order valence-electron chi connectivity index (χ2n) is 7.75. The molecule has 1 aliphatic carbocycles. The first-order valence-electron chi connectivity index (χ1n) is 10.1. The van der Waals surface area contributed by atoms with Crippen molar-refractivity contribution in [1.29, 1.82) is 0 Å². The van der Waals surface area contributed by atoms with Gasteiger partial charge < -0.3 is 9.64 Å². The van der Waals surface area contributed by atoms with Gasteiger partial charge in [-0.3, -0.25) is 4.79 Å². The molecule has 150 valence electrons. The molecule has 1 aromatic heterocycles. The van der Waals surface area contributed by atoms with Crippen LogP contribution in [-0.2, 0) is 9.53 Å². The van der Waals surface area contributed by atoms with Gasteiger partial charge in [0.2, 0.25) is 5.91 Å². The number of rotatable bonds is 4. The Morgan fingerprint density at radius 2 is 1.93 bits per heavy atom. The first-order chi connectivity index (χ1) is 13.7. The predicted molar refractivity (Wildman–Crippen MR) is 103 cm³/mol. The molecule has 1 amide bonds. The Hall–Kier alpha value is -2.48. The van der Waals surface area contributed by atoms with Gasteiger partial charge in [0.15, 0.2) is 0 Å². The fourth-order valence-corrected chi connectivity index (χ4v) is 4.41. The Labute approximate surface area is 164 Å². The number of benzene rings is 1. The van der Waals surface area contributed by atoms with E-state index in [1.54, 1.807) is 7.11 Å². The molecule has 3 atom stereocenters. The van der Waals surface area contributed by atoms with E-state index in [4.69, 9.17) is 4.74 Å². The van der Waals surface area contributed by atoms with Crippen molar-refractivity contribution in [2.45, 2.75) is 50.7 Å². The van der Waals surface area contributed by atoms with Gasteiger partial charge in [0.1, 0.15) is 0 Å². The average molecular weight is 385 g/mol. The lowest BCUT2D eigenvalue weighted by Crippen LogP contribution is -2.46. The lowest BCUT2D eigenvalue weighted by atomic mass is 9.85. The number of carbonyl (C=O) groups excluding carboxylic acids is 1. The summed E-state index contributed by atoms with van der Waals surface area (Å²) < 4.78 is 8.22. The molecular formula is C20H27N5O3. The van der Waals surface area contributed by atoms with E-state index in [0.717, 1.165) is 45.1 Å². The number of aromatic nitrogens is 4. The van der Waals surface area contributed by atoms with Crippen LogP contribution in [0.2, 0.25) is 0 Å². The zero-order valence-corrected chi connectivity index (χ0v) is 16.2. The van der Waals surface area contributed by atoms with E-state index in [1.807, 2.05) is 35.2 Å². The van der Waals surface area contributed by atoms with Crippen LogP contribution >= 0.6 is 0 Å². The third-order valence-corrected chi connectivity index (χ3v) is 5.97. The van der Waals surface area contributed by atoms with E-state index < -0.39 is 0 Å². The molecule has 28 heavy (non-hydrogen) atoms. The van der Waals surface area contributed by atoms with Gasteiger partial charge in [-0.25, -0.2) is 4.79 Å². The molecule has 0 spiro atoms. The van der Waals surface area contributed by atoms with E-state index in [0.29, 0.717) is 12.2 Å². The minimum atomic E-state index is -0.261. The van der Waals surface area contributed by atoms with Crippen LogP contribution < -0.4 is 5.69 Å². The van der Waals surface area contributed by atoms with E-state index in [-0.39, 0.29) is 29.7 Å². The standard InChI is InChI=1S/C20H27N5O3/c1-28-18-11-5-7-15(13-18)19(26)23-12-6-10-17(14-23)25-20(27)24(21-22-25)16-8-3-2-4-9-16/h2-4,8-9,15,17-18H,5-7,10-14H2,1H3/t15-,17+,18-/m1/s1. The number of hydrogen-bond donors (Lipinski definition) is 0. The summed E-state index contributed by atoms with van der Waals surface area (Å²) in [5, 5.41) is 8.15. The summed E-state index contributed by atoms with van der Waals surface area (Å²) in [5.41, 5.74) is 0.429. The fourth-order valence-electron chi connectivity index (χ4n) is 4.41. The number of amides is 1. The maximum Gasteiger partial charge on any atom is 0.368 e. The number of piperidine rings is 1. The largest absolute Gasteiger partial charge is 0.381 e. The van der Waals surface area contributed by atoms with Crippen molar-refractivity contribution < 1.29 is 9.53 Å². The van der Waals surface area contributed by atoms with Crippen LogP contribution in [0.3, 0.4) is 0 Å². The van der Waals surface area contributed by atoms with Crippen molar-refractivity contribution >= 4 is 5.91 Å². The molecule has 1 saturated heterocycles. The van der Waals surface area contributed by atoms with Crippen molar-refractivity contribution in [3.05, 3.63) is 40.8 Å². The fraction of sp³-hybridized carbons (Fsp3) is 0.600. The van der Waals surface area contributed by atoms with Crippen molar-refractivity contribution in [1.82, 2.24) is 24.7 Å². The average Bonchev–Trinajstić information content (AvgIpc) is 3.15. The summed E-state index contributed by atoms with van der Waals surface area (Å²) in [6, 6.07) is 9.13. The normalized spacial score (nSPS) is 25.6. The quantitative estimate of drug-likeness (QED) is 0.801. The molecular weight excluding hydrogens is 358 g/mol. The first-order valence-corrected chi connectivity index (χ1v) is 10.1. The topological polar surface area (TPSA) is 82.2 Å². The molecule has 2 fully saturated rings. The van der Waals surface area contributed by atoms with Crippen molar-refractivity contribution in [3.63, 3.8) is 0 Å². The summed E-state index contributed by atoms with van der Waals surface area (Å²) in [5.74, 6) is 0.212. The van der Waals surface area contributed by atoms with Gasteiger partial charge in [-0.15, -0.1) is 0 Å². The number of carbonyl (C=O) groups is 1. The Morgan fingerprint density at radius 3 is 2.71 bits per heavy atom. The number of tetrazole rings is 1. The molecule has 8 heteroatoms. The van der Waals surface area contributed by atoms with Crippen molar-refractivity contribution in [2.24, 2.45) is 5.92 Å². The van der Waals surface area contributed by atoms with Crippen LogP contribution in [0.4, 0.5) is 0 Å². The smallest absolute Gasteiger partial charge is 0.368 e. The molecule has 0 radical (unpaired) electrons. The highest BCUT2D eigenvalue weighted by molar-refractivity contribution is 5.79. The molecule has 8 nitrogen and oxygen atoms in total. The molecule has 2 heterocycles. The van der Waals surface area contributed by atoms with Gasteiger partial charge in [-0.1, -0.05) is 24.6 Å². The van der Waals surface area contributed by atoms with E-state index in [1.165, 1.54) is 9.36 Å². The monoisotopic (exact) mass is 385 g/mol. The second-order valence-corrected chi connectivity index (χ2v) is 7.75. The van der Waals surface area contributed by atoms with Crippen molar-refractivity contribution in [3.8, 4) is 5.69 Å². The molecule has 0 unspecified atom stereocenters. The van der Waals surface area contributed by atoms with Crippen LogP contribution in [0.1, 0.15) is 44.6 Å². The third-order valence-electron chi connectivity index (χ3n) is 5.97. The molecule has 1 aliphatic heterocycles. The summed E-state index contributed by atoms with van der Waals surface area (Å²) in [6.45, 7) is 1.26. The molecule has 2 aromatic rings. The number of likely N-dealkylation sites (tertiary alicyclic amines) is 1. The predicted octanol–water partition coefficient (Wildman–Crippen LogP) is 1.80. The van der Waals surface area contributed by atoms with Gasteiger partial charge in [0.25, 0.3) is 0 Å². The highest BCUT2D eigenvalue weighted by atomic mass is 16.5. The third kappa shape index (κ3) is 3.73. The maximum absolute atomic E-state index is 13.0. The number of nitrogens with zero attached hydrogens (tertiary/aromatic N) is 5. The Balaban J connectivity index is 1.48. The van der Waals surface area contributed by atoms with Crippen LogP contribution in [0.5, 0.6) is 0 Å². The molecule has 1 aromatic carbocycles. The minimum absolute atomic E-state index is 0.0224. The van der Waals surface area contributed by atoms with Gasteiger partial charge in [-0.05, 0) is 54.7 Å². The number of methoxy groups -OCH3 is 1. The molecule has 0 bridgehead atoms. The first kappa shape index (κ1) is 18.9. The summed E-state index contributed by atoms with van der Waals surface area (Å²) in [7, 11) is 1.72. The lowest BCUT2D eigenvalue weighted by Gasteiger charge is -2.36. The maximum atomic E-state index is 13.0. The van der Waals surface area contributed by atoms with Crippen LogP contribution in [0, 0.1) is 5.92 Å². The number of hydrogen-bond acceptors (Lipinski definition) is 5. The lowest BCUT2D eigenvalue weighted by molar-refractivity contribution is -0.140. The molecule has 1 saturated carbocycles. The number of para-hydroxylation sites is 1. The summed E-state index contributed by atoms with van der Waals surface area (Å²) >= 11 is 0. The second kappa shape index (κ2) is 8.26. The van der Waals surface area contributed by atoms with Gasteiger partial charge >= 0.3 is 5.69 Å². The zero-order chi connectivity index (χ0) is 19.5. The van der Waals surface area contributed by atoms with Crippen LogP contribution in [0.15, 0.2) is 35.1 Å². The van der Waals surface area contributed by atoms with Gasteiger partial charge in [0.05, 0.1) is 17.8 Å². The molecule has 0 N–H and O–H groups in total. The van der Waals surface area contributed by atoms with Crippen molar-refractivity contribution in [2.75, 3.05) is 20.2 Å². The molecule has 2 aliphatic rings. The van der Waals surface area contributed by atoms with E-state index in [2.05, 4.69) is 10.4 Å². The Bertz CT molecular complexity index is 862. The van der Waals surface area contributed by atoms with Gasteiger partial charge in [0, 0.05) is 26.1 Å². The zero-order valence-electron chi connectivity index (χ0n) is 16.2.